The van der Waals surface area contributed by atoms with Gasteiger partial charge in [0.05, 0.1) is 6.61 Å². The highest BCUT2D eigenvalue weighted by Crippen LogP contribution is 2.22. The van der Waals surface area contributed by atoms with Gasteiger partial charge in [-0.25, -0.2) is 9.18 Å². The predicted molar refractivity (Wildman–Crippen MR) is 124 cm³/mol. The Bertz CT molecular complexity index is 863. The topological polar surface area (TPSA) is 70.7 Å². The summed E-state index contributed by atoms with van der Waals surface area (Å²) >= 11 is 0. The van der Waals surface area contributed by atoms with Gasteiger partial charge >= 0.3 is 6.03 Å². The number of ketones is 1. The fraction of sp³-hybridized carbons (Fsp3) is 0.440. The molecule has 2 aromatic carbocycles. The Labute approximate surface area is 189 Å². The summed E-state index contributed by atoms with van der Waals surface area (Å²) in [5.41, 5.74) is 1.32. The number of unbranched alkanes of at least 4 members (excludes halogenated alkanes) is 1. The molecular weight excluding hydrogens is 409 g/mol. The zero-order valence-electron chi connectivity index (χ0n) is 18.6. The molecule has 6 nitrogen and oxygen atoms in total. The molecule has 3 rings (SSSR count). The highest BCUT2D eigenvalue weighted by Gasteiger charge is 2.25. The number of rotatable bonds is 10. The van der Waals surface area contributed by atoms with Gasteiger partial charge in [0.2, 0.25) is 0 Å². The van der Waals surface area contributed by atoms with E-state index in [9.17, 15) is 14.0 Å². The van der Waals surface area contributed by atoms with Crippen LogP contribution in [0.15, 0.2) is 48.5 Å². The van der Waals surface area contributed by atoms with Crippen molar-refractivity contribution in [3.63, 3.8) is 0 Å². The highest BCUT2D eigenvalue weighted by molar-refractivity contribution is 5.97. The number of amides is 2. The second kappa shape index (κ2) is 12.2. The van der Waals surface area contributed by atoms with Crippen molar-refractivity contribution in [3.8, 4) is 5.75 Å². The number of urea groups is 1. The van der Waals surface area contributed by atoms with E-state index in [4.69, 9.17) is 4.74 Å². The molecule has 0 atom stereocenters. The Kier molecular flexibility index (Phi) is 9.04. The largest absolute Gasteiger partial charge is 0.494 e. The maximum Gasteiger partial charge on any atom is 0.319 e. The van der Waals surface area contributed by atoms with E-state index in [1.165, 1.54) is 12.1 Å². The average Bonchev–Trinajstić information content (AvgIpc) is 2.81. The standard InChI is InChI=1S/C25H32FN3O3/c1-2-32-23-11-9-22(10-12-23)28-25(31)27-15-3-4-16-29-17-13-20(14-18-29)24(30)19-5-7-21(26)8-6-19/h5-12,20H,2-4,13-18H2,1H3,(H2,27,28,31). The first-order chi connectivity index (χ1) is 15.5. The number of hydrogen-bond donors (Lipinski definition) is 2. The molecule has 1 heterocycles. The van der Waals surface area contributed by atoms with E-state index in [1.807, 2.05) is 31.2 Å². The molecule has 0 spiro atoms. The van der Waals surface area contributed by atoms with E-state index in [1.54, 1.807) is 12.1 Å². The zero-order valence-corrected chi connectivity index (χ0v) is 18.6. The quantitative estimate of drug-likeness (QED) is 0.413. The maximum absolute atomic E-state index is 13.0. The summed E-state index contributed by atoms with van der Waals surface area (Å²) in [4.78, 5) is 26.9. The van der Waals surface area contributed by atoms with E-state index < -0.39 is 0 Å². The van der Waals surface area contributed by atoms with Gasteiger partial charge in [0, 0.05) is 23.7 Å². The highest BCUT2D eigenvalue weighted by atomic mass is 19.1. The Morgan fingerprint density at radius 3 is 2.38 bits per heavy atom. The van der Waals surface area contributed by atoms with Gasteiger partial charge in [-0.3, -0.25) is 4.79 Å². The molecule has 0 aromatic heterocycles. The Morgan fingerprint density at radius 1 is 1.03 bits per heavy atom. The second-order valence-corrected chi connectivity index (χ2v) is 8.03. The smallest absolute Gasteiger partial charge is 0.319 e. The molecule has 0 unspecified atom stereocenters. The number of hydrogen-bond acceptors (Lipinski definition) is 4. The number of halogens is 1. The minimum absolute atomic E-state index is 0.0182. The van der Waals surface area contributed by atoms with Gasteiger partial charge in [-0.05, 0) is 101 Å². The molecule has 7 heteroatoms. The number of carbonyl (C=O) groups excluding carboxylic acids is 2. The van der Waals surface area contributed by atoms with Crippen LogP contribution in [0.5, 0.6) is 5.75 Å². The van der Waals surface area contributed by atoms with Crippen molar-refractivity contribution in [2.75, 3.05) is 38.1 Å². The number of Topliss-reactive ketones (excluding diaryl/α,β-unsaturated/α-hetero) is 1. The van der Waals surface area contributed by atoms with Crippen molar-refractivity contribution in [1.82, 2.24) is 10.2 Å². The van der Waals surface area contributed by atoms with E-state index >= 15 is 0 Å². The molecule has 2 amide bonds. The third-order valence-electron chi connectivity index (χ3n) is 5.70. The normalized spacial score (nSPS) is 14.7. The lowest BCUT2D eigenvalue weighted by molar-refractivity contribution is 0.0839. The number of nitrogens with one attached hydrogen (secondary N) is 2. The molecule has 2 aromatic rings. The first-order valence-electron chi connectivity index (χ1n) is 11.3. The van der Waals surface area contributed by atoms with Gasteiger partial charge in [0.25, 0.3) is 0 Å². The van der Waals surface area contributed by atoms with Crippen LogP contribution in [0.25, 0.3) is 0 Å². The van der Waals surface area contributed by atoms with Crippen molar-refractivity contribution < 1.29 is 18.7 Å². The molecule has 0 saturated carbocycles. The molecule has 1 aliphatic heterocycles. The molecule has 1 fully saturated rings. The zero-order chi connectivity index (χ0) is 22.8. The Balaban J connectivity index is 1.27. The summed E-state index contributed by atoms with van der Waals surface area (Å²) < 4.78 is 18.4. The maximum atomic E-state index is 13.0. The van der Waals surface area contributed by atoms with E-state index in [0.717, 1.165) is 56.8 Å². The van der Waals surface area contributed by atoms with Crippen LogP contribution in [-0.4, -0.2) is 49.5 Å². The van der Waals surface area contributed by atoms with Crippen molar-refractivity contribution in [1.29, 1.82) is 0 Å². The SMILES string of the molecule is CCOc1ccc(NC(=O)NCCCCN2CCC(C(=O)c3ccc(F)cc3)CC2)cc1. The number of carbonyl (C=O) groups is 2. The first kappa shape index (κ1) is 23.7. The molecule has 2 N–H and O–H groups in total. The fourth-order valence-electron chi connectivity index (χ4n) is 3.91. The van der Waals surface area contributed by atoms with Crippen LogP contribution >= 0.6 is 0 Å². The van der Waals surface area contributed by atoms with Gasteiger partial charge in [0.15, 0.2) is 5.78 Å². The number of anilines is 1. The van der Waals surface area contributed by atoms with Gasteiger partial charge in [0.1, 0.15) is 11.6 Å². The van der Waals surface area contributed by atoms with Crippen LogP contribution in [0.4, 0.5) is 14.9 Å². The predicted octanol–water partition coefficient (Wildman–Crippen LogP) is 4.72. The lowest BCUT2D eigenvalue weighted by Crippen LogP contribution is -2.37. The first-order valence-corrected chi connectivity index (χ1v) is 11.3. The molecule has 0 aliphatic carbocycles. The summed E-state index contributed by atoms with van der Waals surface area (Å²) in [6.07, 6.45) is 3.54. The summed E-state index contributed by atoms with van der Waals surface area (Å²) in [6, 6.07) is 12.9. The summed E-state index contributed by atoms with van der Waals surface area (Å²) in [7, 11) is 0. The summed E-state index contributed by atoms with van der Waals surface area (Å²) in [5, 5.41) is 5.70. The third-order valence-corrected chi connectivity index (χ3v) is 5.70. The van der Waals surface area contributed by atoms with Crippen LogP contribution in [-0.2, 0) is 0 Å². The second-order valence-electron chi connectivity index (χ2n) is 8.03. The van der Waals surface area contributed by atoms with E-state index in [-0.39, 0.29) is 23.5 Å². The third kappa shape index (κ3) is 7.34. The van der Waals surface area contributed by atoms with Gasteiger partial charge in [-0.1, -0.05) is 0 Å². The molecular formula is C25H32FN3O3. The minimum Gasteiger partial charge on any atom is -0.494 e. The molecule has 172 valence electrons. The van der Waals surface area contributed by atoms with Crippen molar-refractivity contribution in [2.45, 2.75) is 32.6 Å². The van der Waals surface area contributed by atoms with Crippen LogP contribution in [0, 0.1) is 11.7 Å². The van der Waals surface area contributed by atoms with Crippen molar-refractivity contribution in [2.24, 2.45) is 5.92 Å². The molecule has 1 aliphatic rings. The van der Waals surface area contributed by atoms with Gasteiger partial charge < -0.3 is 20.3 Å². The molecule has 32 heavy (non-hydrogen) atoms. The monoisotopic (exact) mass is 441 g/mol. The molecule has 1 saturated heterocycles. The van der Waals surface area contributed by atoms with E-state index in [2.05, 4.69) is 15.5 Å². The number of benzene rings is 2. The average molecular weight is 442 g/mol. The lowest BCUT2D eigenvalue weighted by atomic mass is 9.89. The fourth-order valence-corrected chi connectivity index (χ4v) is 3.91. The van der Waals surface area contributed by atoms with Crippen molar-refractivity contribution in [3.05, 3.63) is 59.9 Å². The number of ether oxygens (including phenoxy) is 1. The Hall–Kier alpha value is -2.93. The summed E-state index contributed by atoms with van der Waals surface area (Å²) in [6.45, 7) is 5.90. The number of piperidine rings is 1. The molecule has 0 bridgehead atoms. The summed E-state index contributed by atoms with van der Waals surface area (Å²) in [5.74, 6) is 0.596. The van der Waals surface area contributed by atoms with Crippen LogP contribution < -0.4 is 15.4 Å². The van der Waals surface area contributed by atoms with Gasteiger partial charge in [-0.15, -0.1) is 0 Å². The van der Waals surface area contributed by atoms with Crippen LogP contribution in [0.3, 0.4) is 0 Å². The Morgan fingerprint density at radius 2 is 1.72 bits per heavy atom. The van der Waals surface area contributed by atoms with Crippen LogP contribution in [0.1, 0.15) is 43.0 Å². The molecule has 0 radical (unpaired) electrons. The minimum atomic E-state index is -0.320. The lowest BCUT2D eigenvalue weighted by Gasteiger charge is -2.31. The number of likely N-dealkylation sites (tertiary alicyclic amines) is 1. The van der Waals surface area contributed by atoms with E-state index in [0.29, 0.717) is 18.7 Å². The van der Waals surface area contributed by atoms with Crippen LogP contribution in [0.2, 0.25) is 0 Å². The van der Waals surface area contributed by atoms with Crippen molar-refractivity contribution >= 4 is 17.5 Å². The van der Waals surface area contributed by atoms with Gasteiger partial charge in [-0.2, -0.15) is 0 Å². The number of nitrogens with zero attached hydrogens (tertiary/aromatic N) is 1.